The van der Waals surface area contributed by atoms with Crippen molar-refractivity contribution < 1.29 is 14.2 Å². The van der Waals surface area contributed by atoms with Crippen LogP contribution in [0.2, 0.25) is 0 Å². The molecule has 0 aromatic heterocycles. The molecule has 112 valence electrons. The number of nitrogens with one attached hydrogen (secondary N) is 1. The van der Waals surface area contributed by atoms with Gasteiger partial charge in [0.15, 0.2) is 11.5 Å². The molecule has 2 aromatic rings. The van der Waals surface area contributed by atoms with Crippen molar-refractivity contribution in [2.75, 3.05) is 21.3 Å². The molecule has 2 aromatic carbocycles. The van der Waals surface area contributed by atoms with Crippen LogP contribution in [0, 0.1) is 0 Å². The number of hydrogen-bond donors (Lipinski definition) is 1. The highest BCUT2D eigenvalue weighted by Crippen LogP contribution is 2.27. The van der Waals surface area contributed by atoms with Gasteiger partial charge in [0.1, 0.15) is 5.75 Å². The van der Waals surface area contributed by atoms with Crippen molar-refractivity contribution in [2.24, 2.45) is 0 Å². The first-order chi connectivity index (χ1) is 10.3. The van der Waals surface area contributed by atoms with Crippen LogP contribution in [0.5, 0.6) is 17.2 Å². The van der Waals surface area contributed by atoms with Gasteiger partial charge >= 0.3 is 0 Å². The van der Waals surface area contributed by atoms with Crippen LogP contribution in [-0.2, 0) is 13.1 Å². The van der Waals surface area contributed by atoms with E-state index in [0.29, 0.717) is 0 Å². The van der Waals surface area contributed by atoms with Gasteiger partial charge in [-0.05, 0) is 35.4 Å². The van der Waals surface area contributed by atoms with Crippen molar-refractivity contribution in [2.45, 2.75) is 13.1 Å². The molecule has 0 amide bonds. The molecular formula is C17H21NO3. The number of ether oxygens (including phenoxy) is 3. The summed E-state index contributed by atoms with van der Waals surface area (Å²) in [5.41, 5.74) is 2.34. The number of hydrogen-bond acceptors (Lipinski definition) is 4. The molecule has 2 rings (SSSR count). The lowest BCUT2D eigenvalue weighted by molar-refractivity contribution is 0.354. The first-order valence-corrected chi connectivity index (χ1v) is 6.81. The maximum absolute atomic E-state index is 5.30. The van der Waals surface area contributed by atoms with E-state index in [2.05, 4.69) is 11.4 Å². The zero-order valence-electron chi connectivity index (χ0n) is 12.7. The monoisotopic (exact) mass is 287 g/mol. The van der Waals surface area contributed by atoms with Gasteiger partial charge in [-0.25, -0.2) is 0 Å². The molecule has 4 nitrogen and oxygen atoms in total. The highest BCUT2D eigenvalue weighted by molar-refractivity contribution is 5.42. The van der Waals surface area contributed by atoms with Crippen LogP contribution >= 0.6 is 0 Å². The molecule has 0 saturated heterocycles. The highest BCUT2D eigenvalue weighted by atomic mass is 16.5. The summed E-state index contributed by atoms with van der Waals surface area (Å²) in [6.07, 6.45) is 0. The Kier molecular flexibility index (Phi) is 5.46. The summed E-state index contributed by atoms with van der Waals surface area (Å²) >= 11 is 0. The minimum Gasteiger partial charge on any atom is -0.497 e. The van der Waals surface area contributed by atoms with E-state index in [1.165, 1.54) is 5.56 Å². The zero-order valence-corrected chi connectivity index (χ0v) is 12.7. The summed E-state index contributed by atoms with van der Waals surface area (Å²) < 4.78 is 15.8. The number of benzene rings is 2. The molecule has 0 spiro atoms. The Morgan fingerprint density at radius 3 is 2.14 bits per heavy atom. The van der Waals surface area contributed by atoms with Crippen molar-refractivity contribution in [3.63, 3.8) is 0 Å². The Bertz CT molecular complexity index is 584. The van der Waals surface area contributed by atoms with Crippen LogP contribution in [0.15, 0.2) is 42.5 Å². The minimum atomic E-state index is 0.744. The second-order valence-electron chi connectivity index (χ2n) is 4.64. The highest BCUT2D eigenvalue weighted by Gasteiger charge is 2.04. The fraction of sp³-hybridized carbons (Fsp3) is 0.294. The molecule has 0 bridgehead atoms. The lowest BCUT2D eigenvalue weighted by atomic mass is 10.2. The molecular weight excluding hydrogens is 266 g/mol. The second kappa shape index (κ2) is 7.55. The largest absolute Gasteiger partial charge is 0.497 e. The SMILES string of the molecule is COc1cccc(CNCc2ccc(OC)c(OC)c2)c1. The van der Waals surface area contributed by atoms with Crippen LogP contribution in [-0.4, -0.2) is 21.3 Å². The van der Waals surface area contributed by atoms with Crippen molar-refractivity contribution >= 4 is 0 Å². The topological polar surface area (TPSA) is 39.7 Å². The van der Waals surface area contributed by atoms with E-state index in [1.807, 2.05) is 36.4 Å². The van der Waals surface area contributed by atoms with Crippen LogP contribution in [0.1, 0.15) is 11.1 Å². The second-order valence-corrected chi connectivity index (χ2v) is 4.64. The van der Waals surface area contributed by atoms with E-state index in [1.54, 1.807) is 21.3 Å². The van der Waals surface area contributed by atoms with Crippen molar-refractivity contribution in [3.8, 4) is 17.2 Å². The van der Waals surface area contributed by atoms with E-state index >= 15 is 0 Å². The molecule has 0 aliphatic heterocycles. The summed E-state index contributed by atoms with van der Waals surface area (Å²) in [4.78, 5) is 0. The Hall–Kier alpha value is -2.20. The molecule has 0 atom stereocenters. The van der Waals surface area contributed by atoms with Gasteiger partial charge in [-0.15, -0.1) is 0 Å². The Morgan fingerprint density at radius 2 is 1.48 bits per heavy atom. The summed E-state index contributed by atoms with van der Waals surface area (Å²) in [7, 11) is 4.96. The quantitative estimate of drug-likeness (QED) is 0.850. The van der Waals surface area contributed by atoms with Crippen molar-refractivity contribution in [1.29, 1.82) is 0 Å². The normalized spacial score (nSPS) is 10.2. The van der Waals surface area contributed by atoms with Gasteiger partial charge in [0.05, 0.1) is 21.3 Å². The molecule has 0 radical (unpaired) electrons. The molecule has 0 heterocycles. The third-order valence-electron chi connectivity index (χ3n) is 3.24. The Balaban J connectivity index is 1.93. The van der Waals surface area contributed by atoms with Gasteiger partial charge in [0.25, 0.3) is 0 Å². The predicted octanol–water partition coefficient (Wildman–Crippen LogP) is 3.00. The zero-order chi connectivity index (χ0) is 15.1. The average Bonchev–Trinajstić information content (AvgIpc) is 2.55. The van der Waals surface area contributed by atoms with Gasteiger partial charge in [-0.3, -0.25) is 0 Å². The fourth-order valence-electron chi connectivity index (χ4n) is 2.12. The summed E-state index contributed by atoms with van der Waals surface area (Å²) in [6.45, 7) is 1.54. The number of rotatable bonds is 7. The Morgan fingerprint density at radius 1 is 0.762 bits per heavy atom. The third-order valence-corrected chi connectivity index (χ3v) is 3.24. The molecule has 0 aliphatic rings. The maximum atomic E-state index is 5.30. The van der Waals surface area contributed by atoms with E-state index in [4.69, 9.17) is 14.2 Å². The molecule has 0 aliphatic carbocycles. The minimum absolute atomic E-state index is 0.744. The molecule has 0 saturated carbocycles. The van der Waals surface area contributed by atoms with Crippen molar-refractivity contribution in [1.82, 2.24) is 5.32 Å². The van der Waals surface area contributed by atoms with Crippen LogP contribution in [0.3, 0.4) is 0 Å². The maximum Gasteiger partial charge on any atom is 0.161 e. The smallest absolute Gasteiger partial charge is 0.161 e. The molecule has 0 unspecified atom stereocenters. The first-order valence-electron chi connectivity index (χ1n) is 6.81. The van der Waals surface area contributed by atoms with Crippen LogP contribution < -0.4 is 19.5 Å². The van der Waals surface area contributed by atoms with E-state index in [9.17, 15) is 0 Å². The summed E-state index contributed by atoms with van der Waals surface area (Å²) in [6, 6.07) is 14.0. The van der Waals surface area contributed by atoms with E-state index in [0.717, 1.165) is 35.9 Å². The predicted molar refractivity (Wildman–Crippen MR) is 83.1 cm³/mol. The fourth-order valence-corrected chi connectivity index (χ4v) is 2.12. The van der Waals surface area contributed by atoms with Gasteiger partial charge in [0, 0.05) is 13.1 Å². The third kappa shape index (κ3) is 4.13. The van der Waals surface area contributed by atoms with Gasteiger partial charge < -0.3 is 19.5 Å². The first kappa shape index (κ1) is 15.2. The number of methoxy groups -OCH3 is 3. The molecule has 0 fully saturated rings. The van der Waals surface area contributed by atoms with Gasteiger partial charge in [-0.1, -0.05) is 18.2 Å². The molecule has 1 N–H and O–H groups in total. The lowest BCUT2D eigenvalue weighted by Gasteiger charge is -2.10. The molecule has 21 heavy (non-hydrogen) atoms. The Labute approximate surface area is 125 Å². The standard InChI is InChI=1S/C17H21NO3/c1-19-15-6-4-5-13(9-15)11-18-12-14-7-8-16(20-2)17(10-14)21-3/h4-10,18H,11-12H2,1-3H3. The van der Waals surface area contributed by atoms with Crippen LogP contribution in [0.25, 0.3) is 0 Å². The lowest BCUT2D eigenvalue weighted by Crippen LogP contribution is -2.12. The van der Waals surface area contributed by atoms with Gasteiger partial charge in [-0.2, -0.15) is 0 Å². The average molecular weight is 287 g/mol. The van der Waals surface area contributed by atoms with E-state index in [-0.39, 0.29) is 0 Å². The van der Waals surface area contributed by atoms with E-state index < -0.39 is 0 Å². The molecule has 4 heteroatoms. The van der Waals surface area contributed by atoms with Gasteiger partial charge in [0.2, 0.25) is 0 Å². The van der Waals surface area contributed by atoms with Crippen LogP contribution in [0.4, 0.5) is 0 Å². The summed E-state index contributed by atoms with van der Waals surface area (Å²) in [5, 5.41) is 3.41. The summed E-state index contributed by atoms with van der Waals surface area (Å²) in [5.74, 6) is 2.37. The van der Waals surface area contributed by atoms with Crippen molar-refractivity contribution in [3.05, 3.63) is 53.6 Å².